The van der Waals surface area contributed by atoms with Crippen LogP contribution in [0.4, 0.5) is 61.5 Å². The van der Waals surface area contributed by atoms with Crippen LogP contribution in [-0.2, 0) is 13.3 Å². The quantitative estimate of drug-likeness (QED) is 0.133. The van der Waals surface area contributed by atoms with E-state index in [1.807, 2.05) is 0 Å². The Balaban J connectivity index is 6.23. The molecule has 0 aromatic rings. The minimum absolute atomic E-state index is 0.120. The van der Waals surface area contributed by atoms with Crippen LogP contribution in [0, 0.1) is 0 Å². The molecule has 18 heteroatoms. The average molecular weight is 528 g/mol. The normalized spacial score (nSPS) is 15.0. The van der Waals surface area contributed by atoms with E-state index in [2.05, 4.69) is 13.3 Å². The van der Waals surface area contributed by atoms with Gasteiger partial charge in [0.15, 0.2) is 0 Å². The summed E-state index contributed by atoms with van der Waals surface area (Å²) in [6.45, 7) is 1.73. The van der Waals surface area contributed by atoms with Gasteiger partial charge >= 0.3 is 45.9 Å². The zero-order valence-corrected chi connectivity index (χ0v) is 17.0. The summed E-state index contributed by atoms with van der Waals surface area (Å²) >= 11 is 0. The fourth-order valence-electron chi connectivity index (χ4n) is 2.10. The van der Waals surface area contributed by atoms with E-state index < -0.39 is 58.4 Å². The molecular formula is C14H18F14O3Si. The topological polar surface area (TPSA) is 27.7 Å². The molecule has 32 heavy (non-hydrogen) atoms. The lowest BCUT2D eigenvalue weighted by molar-refractivity contribution is -0.408. The summed E-state index contributed by atoms with van der Waals surface area (Å²) in [5, 5.41) is 0. The minimum Gasteiger partial charge on any atom is -0.309 e. The highest BCUT2D eigenvalue weighted by Gasteiger charge is 2.72. The summed E-state index contributed by atoms with van der Waals surface area (Å²) in [5.41, 5.74) is 0. The first-order valence-corrected chi connectivity index (χ1v) is 10.7. The molecule has 194 valence electrons. The number of rotatable bonds is 14. The first kappa shape index (κ1) is 31.1. The van der Waals surface area contributed by atoms with Gasteiger partial charge in [-0.2, -0.15) is 52.7 Å². The molecule has 0 amide bonds. The molecule has 0 bridgehead atoms. The smallest absolute Gasteiger partial charge is 0.309 e. The van der Waals surface area contributed by atoms with Crippen LogP contribution in [0.3, 0.4) is 0 Å². The lowest BCUT2D eigenvalue weighted by Gasteiger charge is -2.37. The van der Waals surface area contributed by atoms with Crippen molar-refractivity contribution in [3.63, 3.8) is 0 Å². The molecule has 0 atom stereocenters. The van der Waals surface area contributed by atoms with Crippen LogP contribution in [0.2, 0.25) is 6.04 Å². The Kier molecular flexibility index (Phi) is 10.7. The van der Waals surface area contributed by atoms with Crippen LogP contribution < -0.4 is 0 Å². The minimum atomic E-state index is -7.22. The maximum Gasteiger partial charge on any atom is 0.514 e. The van der Waals surface area contributed by atoms with E-state index in [4.69, 9.17) is 0 Å². The number of hydrogen-bond acceptors (Lipinski definition) is 3. The first-order chi connectivity index (χ1) is 14.1. The third-order valence-electron chi connectivity index (χ3n) is 3.61. The fourth-order valence-corrected chi connectivity index (χ4v) is 4.73. The van der Waals surface area contributed by atoms with Crippen molar-refractivity contribution in [1.29, 1.82) is 0 Å². The maximum atomic E-state index is 13.3. The Morgan fingerprint density at radius 2 is 0.969 bits per heavy atom. The molecule has 0 fully saturated rings. The van der Waals surface area contributed by atoms with E-state index in [0.717, 1.165) is 0 Å². The Bertz CT molecular complexity index is 536. The van der Waals surface area contributed by atoms with Crippen molar-refractivity contribution >= 4 is 8.80 Å². The zero-order chi connectivity index (χ0) is 25.6. The van der Waals surface area contributed by atoms with Crippen LogP contribution in [0.1, 0.15) is 45.4 Å². The third-order valence-corrected chi connectivity index (χ3v) is 6.29. The van der Waals surface area contributed by atoms with E-state index in [1.165, 1.54) is 0 Å². The Hall–Kier alpha value is -0.883. The molecular weight excluding hydrogens is 510 g/mol. The van der Waals surface area contributed by atoms with Gasteiger partial charge in [-0.3, -0.25) is 0 Å². The zero-order valence-electron chi connectivity index (χ0n) is 16.0. The number of alkyl halides is 14. The molecule has 0 saturated heterocycles. The number of halogens is 14. The molecule has 3 nitrogen and oxygen atoms in total. The third kappa shape index (κ3) is 9.16. The van der Waals surface area contributed by atoms with Gasteiger partial charge in [-0.1, -0.05) is 39.0 Å². The summed E-state index contributed by atoms with van der Waals surface area (Å²) in [5.74, 6) is 0. The molecule has 0 N–H and O–H groups in total. The molecule has 0 aliphatic rings. The second-order valence-corrected chi connectivity index (χ2v) is 8.88. The van der Waals surface area contributed by atoms with Gasteiger partial charge < -0.3 is 13.3 Å². The Morgan fingerprint density at radius 3 is 1.31 bits per heavy atom. The van der Waals surface area contributed by atoms with Crippen molar-refractivity contribution in [2.45, 2.75) is 88.6 Å². The van der Waals surface area contributed by atoms with Gasteiger partial charge in [0.25, 0.3) is 0 Å². The lowest BCUT2D eigenvalue weighted by atomic mass is 10.1. The summed E-state index contributed by atoms with van der Waals surface area (Å²) in [4.78, 5) is 0. The van der Waals surface area contributed by atoms with Crippen molar-refractivity contribution in [3.8, 4) is 0 Å². The van der Waals surface area contributed by atoms with E-state index in [-0.39, 0.29) is 12.8 Å². The van der Waals surface area contributed by atoms with Gasteiger partial charge in [-0.15, -0.1) is 0 Å². The van der Waals surface area contributed by atoms with Crippen LogP contribution >= 0.6 is 0 Å². The number of hydrogen-bond donors (Lipinski definition) is 0. The predicted octanol–water partition coefficient (Wildman–Crippen LogP) is 7.50. The molecule has 0 radical (unpaired) electrons. The molecule has 0 aromatic carbocycles. The van der Waals surface area contributed by atoms with E-state index in [0.29, 0.717) is 19.3 Å². The molecule has 0 aliphatic carbocycles. The van der Waals surface area contributed by atoms with E-state index in [1.54, 1.807) is 6.92 Å². The summed E-state index contributed by atoms with van der Waals surface area (Å²) < 4.78 is 188. The van der Waals surface area contributed by atoms with E-state index in [9.17, 15) is 61.5 Å². The van der Waals surface area contributed by atoms with Gasteiger partial charge in [0.1, 0.15) is 0 Å². The fraction of sp³-hybridized carbons (Fsp3) is 1.00. The molecule has 0 spiro atoms. The average Bonchev–Trinajstić information content (AvgIpc) is 2.54. The van der Waals surface area contributed by atoms with Crippen molar-refractivity contribution in [2.75, 3.05) is 0 Å². The van der Waals surface area contributed by atoms with Crippen molar-refractivity contribution in [2.24, 2.45) is 0 Å². The lowest BCUT2D eigenvalue weighted by Crippen LogP contribution is -2.62. The highest BCUT2D eigenvalue weighted by atomic mass is 28.4. The van der Waals surface area contributed by atoms with Crippen molar-refractivity contribution < 1.29 is 74.7 Å². The van der Waals surface area contributed by atoms with Gasteiger partial charge in [0.05, 0.1) is 0 Å². The van der Waals surface area contributed by atoms with Gasteiger partial charge in [0.2, 0.25) is 0 Å². The number of unbranched alkanes of at least 4 members (excludes halogenated alkanes) is 5. The summed E-state index contributed by atoms with van der Waals surface area (Å²) in [6, 6.07) is -1.90. The second kappa shape index (κ2) is 11.0. The Labute approximate surface area is 173 Å². The predicted molar refractivity (Wildman–Crippen MR) is 80.1 cm³/mol. The second-order valence-electron chi connectivity index (χ2n) is 6.40. The SMILES string of the molecule is CCCCCCCC[Si](OC(F)(F)C(F)F)(OC(F)(F)C(F)(F)F)OC(F)(F)C(F)(F)F. The highest BCUT2D eigenvalue weighted by molar-refractivity contribution is 6.61. The molecule has 0 aliphatic heterocycles. The molecule has 0 heterocycles. The van der Waals surface area contributed by atoms with Gasteiger partial charge in [-0.25, -0.2) is 8.78 Å². The van der Waals surface area contributed by atoms with Crippen molar-refractivity contribution in [3.05, 3.63) is 0 Å². The largest absolute Gasteiger partial charge is 0.514 e. The molecule has 0 saturated carbocycles. The van der Waals surface area contributed by atoms with Gasteiger partial charge in [-0.05, 0) is 6.42 Å². The van der Waals surface area contributed by atoms with Gasteiger partial charge in [0, 0.05) is 6.04 Å². The van der Waals surface area contributed by atoms with Crippen LogP contribution in [0.25, 0.3) is 0 Å². The first-order valence-electron chi connectivity index (χ1n) is 8.78. The summed E-state index contributed by atoms with van der Waals surface area (Å²) in [7, 11) is -7.22. The monoisotopic (exact) mass is 528 g/mol. The molecule has 0 unspecified atom stereocenters. The Morgan fingerprint density at radius 1 is 0.594 bits per heavy atom. The molecule has 0 rings (SSSR count). The highest BCUT2D eigenvalue weighted by Crippen LogP contribution is 2.46. The van der Waals surface area contributed by atoms with Crippen LogP contribution in [0.15, 0.2) is 0 Å². The summed E-state index contributed by atoms with van der Waals surface area (Å²) in [6.07, 6.45) is -37.5. The maximum absolute atomic E-state index is 13.3. The van der Waals surface area contributed by atoms with Crippen molar-refractivity contribution in [1.82, 2.24) is 0 Å². The van der Waals surface area contributed by atoms with Crippen LogP contribution in [-0.4, -0.2) is 45.9 Å². The standard InChI is InChI=1S/C14H18F14O3Si/c1-2-3-4-5-6-7-8-32(29-10(17,18)9(15)16,30-13(25,26)11(19,20)21)31-14(27,28)12(22,23)24/h9H,2-8H2,1H3. The van der Waals surface area contributed by atoms with E-state index >= 15 is 0 Å². The van der Waals surface area contributed by atoms with Crippen LogP contribution in [0.5, 0.6) is 0 Å². The molecule has 0 aromatic heterocycles.